The van der Waals surface area contributed by atoms with Gasteiger partial charge in [0, 0.05) is 34.5 Å². The number of nitrogens with two attached hydrogens (primary N) is 1. The van der Waals surface area contributed by atoms with Gasteiger partial charge in [-0.05, 0) is 17.7 Å². The number of halogens is 1. The van der Waals surface area contributed by atoms with Crippen LogP contribution in [0, 0.1) is 0 Å². The van der Waals surface area contributed by atoms with Gasteiger partial charge in [-0.25, -0.2) is 0 Å². The largest absolute Gasteiger partial charge is 0.370 e. The van der Waals surface area contributed by atoms with Crippen LogP contribution in [-0.4, -0.2) is 42.0 Å². The van der Waals surface area contributed by atoms with Crippen LogP contribution in [0.4, 0.5) is 0 Å². The Bertz CT molecular complexity index is 465. The van der Waals surface area contributed by atoms with Crippen molar-refractivity contribution in [3.8, 4) is 0 Å². The van der Waals surface area contributed by atoms with Crippen molar-refractivity contribution in [1.29, 1.82) is 0 Å². The first kappa shape index (κ1) is 15.7. The average molecular weight is 356 g/mol. The number of aliphatic imine (C=N–C) groups is 1. The van der Waals surface area contributed by atoms with Gasteiger partial charge in [0.2, 0.25) is 0 Å². The lowest BCUT2D eigenvalue weighted by atomic mass is 9.85. The molecule has 0 aliphatic carbocycles. The molecule has 1 aromatic rings. The highest BCUT2D eigenvalue weighted by Gasteiger charge is 2.21. The Kier molecular flexibility index (Phi) is 5.38. The SMILES string of the molecule is CC(C)(CN=C(N)N1CCSCC1)c1ccc(Br)cc1. The molecule has 1 fully saturated rings. The molecule has 0 saturated carbocycles. The third kappa shape index (κ3) is 4.16. The van der Waals surface area contributed by atoms with Crippen LogP contribution in [0.3, 0.4) is 0 Å². The van der Waals surface area contributed by atoms with Crippen LogP contribution < -0.4 is 5.73 Å². The van der Waals surface area contributed by atoms with Gasteiger partial charge in [0.25, 0.3) is 0 Å². The molecule has 0 unspecified atom stereocenters. The molecule has 3 nitrogen and oxygen atoms in total. The van der Waals surface area contributed by atoms with Gasteiger partial charge >= 0.3 is 0 Å². The van der Waals surface area contributed by atoms with Crippen LogP contribution in [0.1, 0.15) is 19.4 Å². The molecule has 0 spiro atoms. The molecule has 1 aliphatic heterocycles. The maximum absolute atomic E-state index is 6.12. The monoisotopic (exact) mass is 355 g/mol. The summed E-state index contributed by atoms with van der Waals surface area (Å²) in [7, 11) is 0. The fraction of sp³-hybridized carbons (Fsp3) is 0.533. The summed E-state index contributed by atoms with van der Waals surface area (Å²) in [5.41, 5.74) is 7.40. The molecule has 1 aliphatic rings. The summed E-state index contributed by atoms with van der Waals surface area (Å²) < 4.78 is 1.10. The Morgan fingerprint density at radius 1 is 1.30 bits per heavy atom. The first-order valence-electron chi connectivity index (χ1n) is 6.88. The van der Waals surface area contributed by atoms with Crippen molar-refractivity contribution in [2.45, 2.75) is 19.3 Å². The minimum Gasteiger partial charge on any atom is -0.370 e. The van der Waals surface area contributed by atoms with Gasteiger partial charge in [-0.15, -0.1) is 0 Å². The number of guanidine groups is 1. The number of rotatable bonds is 3. The summed E-state index contributed by atoms with van der Waals surface area (Å²) in [5, 5.41) is 0. The highest BCUT2D eigenvalue weighted by atomic mass is 79.9. The molecule has 1 heterocycles. The Morgan fingerprint density at radius 2 is 1.90 bits per heavy atom. The first-order valence-corrected chi connectivity index (χ1v) is 8.82. The van der Waals surface area contributed by atoms with Gasteiger partial charge in [-0.3, -0.25) is 4.99 Å². The summed E-state index contributed by atoms with van der Waals surface area (Å²) in [5.74, 6) is 2.98. The molecule has 20 heavy (non-hydrogen) atoms. The quantitative estimate of drug-likeness (QED) is 0.669. The van der Waals surface area contributed by atoms with Gasteiger partial charge in [-0.1, -0.05) is 41.9 Å². The Hall–Kier alpha value is -0.680. The number of thioether (sulfide) groups is 1. The van der Waals surface area contributed by atoms with E-state index in [1.165, 1.54) is 5.56 Å². The van der Waals surface area contributed by atoms with E-state index < -0.39 is 0 Å². The molecule has 0 atom stereocenters. The summed E-state index contributed by atoms with van der Waals surface area (Å²) in [6.45, 7) is 7.15. The van der Waals surface area contributed by atoms with E-state index in [0.29, 0.717) is 12.5 Å². The second kappa shape index (κ2) is 6.85. The molecule has 0 bridgehead atoms. The van der Waals surface area contributed by atoms with Gasteiger partial charge in [0.1, 0.15) is 0 Å². The summed E-state index contributed by atoms with van der Waals surface area (Å²) >= 11 is 5.45. The zero-order valence-corrected chi connectivity index (χ0v) is 14.5. The molecule has 1 saturated heterocycles. The first-order chi connectivity index (χ1) is 9.49. The molecule has 5 heteroatoms. The van der Waals surface area contributed by atoms with E-state index >= 15 is 0 Å². The lowest BCUT2D eigenvalue weighted by molar-refractivity contribution is 0.449. The molecular formula is C15H22BrN3S. The molecule has 1 aromatic carbocycles. The molecular weight excluding hydrogens is 334 g/mol. The maximum atomic E-state index is 6.12. The van der Waals surface area contributed by atoms with Crippen molar-refractivity contribution < 1.29 is 0 Å². The van der Waals surface area contributed by atoms with Gasteiger partial charge < -0.3 is 10.6 Å². The van der Waals surface area contributed by atoms with Crippen LogP contribution in [0.5, 0.6) is 0 Å². The molecule has 0 radical (unpaired) electrons. The molecule has 2 rings (SSSR count). The smallest absolute Gasteiger partial charge is 0.191 e. The number of hydrogen-bond donors (Lipinski definition) is 1. The summed E-state index contributed by atoms with van der Waals surface area (Å²) in [4.78, 5) is 6.81. The van der Waals surface area contributed by atoms with Gasteiger partial charge in [0.05, 0.1) is 6.54 Å². The number of nitrogens with zero attached hydrogens (tertiary/aromatic N) is 2. The Balaban J connectivity index is 2.01. The zero-order chi connectivity index (χ0) is 14.6. The van der Waals surface area contributed by atoms with E-state index in [-0.39, 0.29) is 5.41 Å². The minimum atomic E-state index is -0.00411. The molecule has 110 valence electrons. The number of benzene rings is 1. The van der Waals surface area contributed by atoms with Gasteiger partial charge in [0.15, 0.2) is 5.96 Å². The third-order valence-corrected chi connectivity index (χ3v) is 5.07. The van der Waals surface area contributed by atoms with Crippen molar-refractivity contribution in [2.75, 3.05) is 31.1 Å². The second-order valence-electron chi connectivity index (χ2n) is 5.66. The fourth-order valence-electron chi connectivity index (χ4n) is 2.16. The standard InChI is InChI=1S/C15H22BrN3S/c1-15(2,12-3-5-13(16)6-4-12)11-18-14(17)19-7-9-20-10-8-19/h3-6H,7-11H2,1-2H3,(H2,17,18). The normalized spacial score (nSPS) is 17.4. The summed E-state index contributed by atoms with van der Waals surface area (Å²) in [6, 6.07) is 8.44. The van der Waals surface area contributed by atoms with E-state index in [2.05, 4.69) is 63.9 Å². The Labute approximate surface area is 134 Å². The summed E-state index contributed by atoms with van der Waals surface area (Å²) in [6.07, 6.45) is 0. The van der Waals surface area contributed by atoms with Crippen LogP contribution in [-0.2, 0) is 5.41 Å². The van der Waals surface area contributed by atoms with Gasteiger partial charge in [-0.2, -0.15) is 11.8 Å². The predicted octanol–water partition coefficient (Wildman–Crippen LogP) is 3.09. The van der Waals surface area contributed by atoms with E-state index in [4.69, 9.17) is 5.73 Å². The molecule has 0 amide bonds. The van der Waals surface area contributed by atoms with E-state index in [1.807, 2.05) is 11.8 Å². The average Bonchev–Trinajstić information content (AvgIpc) is 2.46. The van der Waals surface area contributed by atoms with E-state index in [1.54, 1.807) is 0 Å². The van der Waals surface area contributed by atoms with Crippen LogP contribution >= 0.6 is 27.7 Å². The van der Waals surface area contributed by atoms with Crippen LogP contribution in [0.25, 0.3) is 0 Å². The van der Waals surface area contributed by atoms with Crippen molar-refractivity contribution in [3.05, 3.63) is 34.3 Å². The highest BCUT2D eigenvalue weighted by molar-refractivity contribution is 9.10. The van der Waals surface area contributed by atoms with Crippen molar-refractivity contribution in [3.63, 3.8) is 0 Å². The van der Waals surface area contributed by atoms with Crippen molar-refractivity contribution in [1.82, 2.24) is 4.90 Å². The van der Waals surface area contributed by atoms with E-state index in [0.717, 1.165) is 29.1 Å². The highest BCUT2D eigenvalue weighted by Crippen LogP contribution is 2.25. The van der Waals surface area contributed by atoms with Crippen molar-refractivity contribution in [2.24, 2.45) is 10.7 Å². The van der Waals surface area contributed by atoms with E-state index in [9.17, 15) is 0 Å². The molecule has 0 aromatic heterocycles. The lowest BCUT2D eigenvalue weighted by Gasteiger charge is -2.29. The third-order valence-electron chi connectivity index (χ3n) is 3.60. The zero-order valence-electron chi connectivity index (χ0n) is 12.1. The fourth-order valence-corrected chi connectivity index (χ4v) is 3.33. The Morgan fingerprint density at radius 3 is 2.50 bits per heavy atom. The maximum Gasteiger partial charge on any atom is 0.191 e. The van der Waals surface area contributed by atoms with Crippen molar-refractivity contribution >= 4 is 33.7 Å². The minimum absolute atomic E-state index is 0.00411. The predicted molar refractivity (Wildman–Crippen MR) is 92.6 cm³/mol. The second-order valence-corrected chi connectivity index (χ2v) is 7.81. The lowest BCUT2D eigenvalue weighted by Crippen LogP contribution is -2.43. The van der Waals surface area contributed by atoms with Crippen LogP contribution in [0.2, 0.25) is 0 Å². The topological polar surface area (TPSA) is 41.6 Å². The van der Waals surface area contributed by atoms with Crippen LogP contribution in [0.15, 0.2) is 33.7 Å². The molecule has 2 N–H and O–H groups in total. The number of hydrogen-bond acceptors (Lipinski definition) is 2.